The van der Waals surface area contributed by atoms with Crippen LogP contribution in [0, 0.1) is 0 Å². The van der Waals surface area contributed by atoms with Gasteiger partial charge in [0.25, 0.3) is 0 Å². The van der Waals surface area contributed by atoms with Gasteiger partial charge < -0.3 is 29.7 Å². The summed E-state index contributed by atoms with van der Waals surface area (Å²) < 4.78 is 16.3. The van der Waals surface area contributed by atoms with Crippen molar-refractivity contribution in [2.45, 2.75) is 0 Å². The van der Waals surface area contributed by atoms with Gasteiger partial charge in [-0.1, -0.05) is 12.1 Å². The highest BCUT2D eigenvalue weighted by atomic mass is 16.6. The number of morpholine rings is 1. The van der Waals surface area contributed by atoms with E-state index in [0.29, 0.717) is 49.3 Å². The number of carbonyl (C=O) groups excluding carboxylic acids is 2. The number of nitrogens with zero attached hydrogens (tertiary/aromatic N) is 1. The van der Waals surface area contributed by atoms with Crippen LogP contribution in [0.4, 0.5) is 17.1 Å². The molecule has 146 valence electrons. The van der Waals surface area contributed by atoms with Gasteiger partial charge in [0.15, 0.2) is 11.5 Å². The van der Waals surface area contributed by atoms with E-state index in [1.165, 1.54) is 0 Å². The first-order valence-corrected chi connectivity index (χ1v) is 9.14. The molecule has 2 N–H and O–H groups in total. The maximum Gasteiger partial charge on any atom is 0.314 e. The summed E-state index contributed by atoms with van der Waals surface area (Å²) in [6.07, 6.45) is 0. The molecule has 1 saturated heterocycles. The second-order valence-electron chi connectivity index (χ2n) is 6.38. The van der Waals surface area contributed by atoms with Crippen LogP contribution in [0.25, 0.3) is 0 Å². The van der Waals surface area contributed by atoms with Crippen LogP contribution < -0.4 is 25.0 Å². The SMILES string of the molecule is O=C(Nc1ccc2c(c1)OCCO2)C(=O)Nc1ccccc1N1CCOCC1. The zero-order chi connectivity index (χ0) is 19.3. The first kappa shape index (κ1) is 18.1. The summed E-state index contributed by atoms with van der Waals surface area (Å²) in [5, 5.41) is 5.29. The van der Waals surface area contributed by atoms with Gasteiger partial charge >= 0.3 is 11.8 Å². The molecule has 28 heavy (non-hydrogen) atoms. The molecular weight excluding hydrogens is 362 g/mol. The lowest BCUT2D eigenvalue weighted by Gasteiger charge is -2.30. The van der Waals surface area contributed by atoms with Gasteiger partial charge in [0, 0.05) is 24.8 Å². The Bertz CT molecular complexity index is 880. The second kappa shape index (κ2) is 8.18. The molecule has 8 heteroatoms. The van der Waals surface area contributed by atoms with E-state index in [-0.39, 0.29) is 0 Å². The van der Waals surface area contributed by atoms with Crippen LogP contribution in [0.15, 0.2) is 42.5 Å². The maximum absolute atomic E-state index is 12.4. The number of hydrogen-bond acceptors (Lipinski definition) is 6. The molecule has 2 aliphatic rings. The Morgan fingerprint density at radius 2 is 1.54 bits per heavy atom. The van der Waals surface area contributed by atoms with E-state index in [1.807, 2.05) is 18.2 Å². The minimum Gasteiger partial charge on any atom is -0.486 e. The predicted molar refractivity (Wildman–Crippen MR) is 104 cm³/mol. The van der Waals surface area contributed by atoms with Crippen molar-refractivity contribution in [3.63, 3.8) is 0 Å². The summed E-state index contributed by atoms with van der Waals surface area (Å²) in [5.74, 6) is -0.334. The van der Waals surface area contributed by atoms with Crippen molar-refractivity contribution in [3.05, 3.63) is 42.5 Å². The monoisotopic (exact) mass is 383 g/mol. The Kier molecular flexibility index (Phi) is 5.29. The fourth-order valence-electron chi connectivity index (χ4n) is 3.15. The Morgan fingerprint density at radius 3 is 2.36 bits per heavy atom. The lowest BCUT2D eigenvalue weighted by atomic mass is 10.2. The van der Waals surface area contributed by atoms with E-state index in [1.54, 1.807) is 24.3 Å². The quantitative estimate of drug-likeness (QED) is 0.787. The third-order valence-corrected chi connectivity index (χ3v) is 4.51. The summed E-state index contributed by atoms with van der Waals surface area (Å²) in [4.78, 5) is 26.9. The number of hydrogen-bond donors (Lipinski definition) is 2. The van der Waals surface area contributed by atoms with Gasteiger partial charge in [0.05, 0.1) is 24.6 Å². The van der Waals surface area contributed by atoms with Gasteiger partial charge in [-0.3, -0.25) is 9.59 Å². The molecule has 0 unspecified atom stereocenters. The fourth-order valence-corrected chi connectivity index (χ4v) is 3.15. The van der Waals surface area contributed by atoms with E-state index >= 15 is 0 Å². The van der Waals surface area contributed by atoms with Crippen molar-refractivity contribution >= 4 is 28.9 Å². The van der Waals surface area contributed by atoms with Crippen molar-refractivity contribution in [3.8, 4) is 11.5 Å². The van der Waals surface area contributed by atoms with E-state index in [0.717, 1.165) is 18.8 Å². The molecule has 0 radical (unpaired) electrons. The predicted octanol–water partition coefficient (Wildman–Crippen LogP) is 1.87. The van der Waals surface area contributed by atoms with E-state index < -0.39 is 11.8 Å². The molecule has 2 heterocycles. The highest BCUT2D eigenvalue weighted by Gasteiger charge is 2.20. The molecule has 2 aliphatic heterocycles. The summed E-state index contributed by atoms with van der Waals surface area (Å²) in [5.41, 5.74) is 1.92. The van der Waals surface area contributed by atoms with Crippen LogP contribution in [-0.4, -0.2) is 51.3 Å². The average molecular weight is 383 g/mol. The van der Waals surface area contributed by atoms with Gasteiger partial charge in [-0.15, -0.1) is 0 Å². The number of benzene rings is 2. The molecule has 8 nitrogen and oxygen atoms in total. The zero-order valence-electron chi connectivity index (χ0n) is 15.3. The highest BCUT2D eigenvalue weighted by molar-refractivity contribution is 6.44. The lowest BCUT2D eigenvalue weighted by molar-refractivity contribution is -0.132. The third-order valence-electron chi connectivity index (χ3n) is 4.51. The number of amides is 2. The molecule has 0 bridgehead atoms. The van der Waals surface area contributed by atoms with E-state index in [4.69, 9.17) is 14.2 Å². The fraction of sp³-hybridized carbons (Fsp3) is 0.300. The summed E-state index contributed by atoms with van der Waals surface area (Å²) in [6.45, 7) is 3.67. The van der Waals surface area contributed by atoms with Crippen molar-refractivity contribution in [2.24, 2.45) is 0 Å². The molecule has 2 aromatic carbocycles. The summed E-state index contributed by atoms with van der Waals surface area (Å²) in [7, 11) is 0. The Hall–Kier alpha value is -3.26. The van der Waals surface area contributed by atoms with E-state index in [9.17, 15) is 9.59 Å². The molecule has 0 aliphatic carbocycles. The molecule has 0 spiro atoms. The molecule has 2 amide bonds. The first-order chi connectivity index (χ1) is 13.7. The summed E-state index contributed by atoms with van der Waals surface area (Å²) >= 11 is 0. The number of ether oxygens (including phenoxy) is 3. The van der Waals surface area contributed by atoms with Crippen LogP contribution in [0.2, 0.25) is 0 Å². The van der Waals surface area contributed by atoms with Crippen molar-refractivity contribution < 1.29 is 23.8 Å². The van der Waals surface area contributed by atoms with Gasteiger partial charge in [0.1, 0.15) is 13.2 Å². The number of nitrogens with one attached hydrogen (secondary N) is 2. The van der Waals surface area contributed by atoms with Gasteiger partial charge in [-0.25, -0.2) is 0 Å². The number of para-hydroxylation sites is 2. The number of carbonyl (C=O) groups is 2. The number of anilines is 3. The molecule has 0 aromatic heterocycles. The normalized spacial score (nSPS) is 15.6. The Balaban J connectivity index is 1.43. The maximum atomic E-state index is 12.4. The molecular formula is C20H21N3O5. The standard InChI is InChI=1S/C20H21N3O5/c24-19(21-14-5-6-17-18(13-14)28-12-11-27-17)20(25)22-15-3-1-2-4-16(15)23-7-9-26-10-8-23/h1-6,13H,7-12H2,(H,21,24)(H,22,25). The number of rotatable bonds is 3. The highest BCUT2D eigenvalue weighted by Crippen LogP contribution is 2.32. The third kappa shape index (κ3) is 4.01. The largest absolute Gasteiger partial charge is 0.486 e. The van der Waals surface area contributed by atoms with Gasteiger partial charge in [-0.2, -0.15) is 0 Å². The van der Waals surface area contributed by atoms with Gasteiger partial charge in [-0.05, 0) is 24.3 Å². The molecule has 2 aromatic rings. The lowest BCUT2D eigenvalue weighted by Crippen LogP contribution is -2.37. The Labute approximate surface area is 162 Å². The second-order valence-corrected chi connectivity index (χ2v) is 6.38. The van der Waals surface area contributed by atoms with Gasteiger partial charge in [0.2, 0.25) is 0 Å². The Morgan fingerprint density at radius 1 is 0.821 bits per heavy atom. The van der Waals surface area contributed by atoms with Crippen molar-refractivity contribution in [1.29, 1.82) is 0 Å². The minimum absolute atomic E-state index is 0.448. The van der Waals surface area contributed by atoms with Crippen molar-refractivity contribution in [1.82, 2.24) is 0 Å². The van der Waals surface area contributed by atoms with Crippen LogP contribution in [-0.2, 0) is 14.3 Å². The molecule has 0 atom stereocenters. The molecule has 1 fully saturated rings. The van der Waals surface area contributed by atoms with Crippen LogP contribution >= 0.6 is 0 Å². The average Bonchev–Trinajstić information content (AvgIpc) is 2.74. The first-order valence-electron chi connectivity index (χ1n) is 9.14. The van der Waals surface area contributed by atoms with Crippen LogP contribution in [0.3, 0.4) is 0 Å². The molecule has 0 saturated carbocycles. The topological polar surface area (TPSA) is 89.1 Å². The zero-order valence-corrected chi connectivity index (χ0v) is 15.3. The van der Waals surface area contributed by atoms with E-state index in [2.05, 4.69) is 15.5 Å². The summed E-state index contributed by atoms with van der Waals surface area (Å²) in [6, 6.07) is 12.4. The van der Waals surface area contributed by atoms with Crippen LogP contribution in [0.5, 0.6) is 11.5 Å². The van der Waals surface area contributed by atoms with Crippen molar-refractivity contribution in [2.75, 3.05) is 55.1 Å². The molecule has 4 rings (SSSR count). The van der Waals surface area contributed by atoms with Crippen LogP contribution in [0.1, 0.15) is 0 Å². The minimum atomic E-state index is -0.756. The number of fused-ring (bicyclic) bond motifs is 1. The smallest absolute Gasteiger partial charge is 0.314 e.